The summed E-state index contributed by atoms with van der Waals surface area (Å²) in [5.74, 6) is 0.747. The van der Waals surface area contributed by atoms with Gasteiger partial charge in [-0.3, -0.25) is 0 Å². The average Bonchev–Trinajstić information content (AvgIpc) is 2.60. The Labute approximate surface area is 150 Å². The molecule has 0 saturated carbocycles. The van der Waals surface area contributed by atoms with Crippen molar-refractivity contribution >= 4 is 34.8 Å². The lowest BCUT2D eigenvalue weighted by molar-refractivity contribution is 0.306. The Hall–Kier alpha value is -1.67. The van der Waals surface area contributed by atoms with Gasteiger partial charge in [0, 0.05) is 10.6 Å². The number of ether oxygens (including phenoxy) is 1. The third kappa shape index (κ3) is 3.81. The zero-order valence-corrected chi connectivity index (χ0v) is 14.4. The standard InChI is InChI=1S/C19H13Cl3O/c20-17-10-11-18(21)19(22)16(17)12-23-15-8-6-14(7-9-15)13-4-2-1-3-5-13/h1-11H,12H2. The zero-order valence-electron chi connectivity index (χ0n) is 12.1. The van der Waals surface area contributed by atoms with E-state index >= 15 is 0 Å². The van der Waals surface area contributed by atoms with Crippen molar-refractivity contribution in [2.45, 2.75) is 6.61 Å². The van der Waals surface area contributed by atoms with Gasteiger partial charge < -0.3 is 4.74 Å². The summed E-state index contributed by atoms with van der Waals surface area (Å²) in [6.45, 7) is 0.267. The summed E-state index contributed by atoms with van der Waals surface area (Å²) in [7, 11) is 0. The first-order valence-electron chi connectivity index (χ1n) is 7.06. The van der Waals surface area contributed by atoms with E-state index in [1.807, 2.05) is 42.5 Å². The van der Waals surface area contributed by atoms with E-state index in [1.165, 1.54) is 5.56 Å². The van der Waals surface area contributed by atoms with E-state index in [4.69, 9.17) is 39.5 Å². The Morgan fingerprint density at radius 1 is 0.652 bits per heavy atom. The molecule has 3 rings (SSSR count). The Balaban J connectivity index is 1.74. The second-order valence-corrected chi connectivity index (χ2v) is 6.19. The van der Waals surface area contributed by atoms with Crippen LogP contribution in [0.4, 0.5) is 0 Å². The first-order valence-corrected chi connectivity index (χ1v) is 8.19. The van der Waals surface area contributed by atoms with Crippen LogP contribution in [0.1, 0.15) is 5.56 Å². The Bertz CT molecular complexity index is 799. The first-order chi connectivity index (χ1) is 11.1. The second-order valence-electron chi connectivity index (χ2n) is 5.00. The molecule has 23 heavy (non-hydrogen) atoms. The van der Waals surface area contributed by atoms with Gasteiger partial charge in [-0.1, -0.05) is 77.3 Å². The lowest BCUT2D eigenvalue weighted by atomic mass is 10.1. The summed E-state index contributed by atoms with van der Waals surface area (Å²) in [6.07, 6.45) is 0. The van der Waals surface area contributed by atoms with Gasteiger partial charge in [-0.15, -0.1) is 0 Å². The van der Waals surface area contributed by atoms with Crippen molar-refractivity contribution in [3.8, 4) is 16.9 Å². The second kappa shape index (κ2) is 7.27. The quantitative estimate of drug-likeness (QED) is 0.458. The number of hydrogen-bond acceptors (Lipinski definition) is 1. The van der Waals surface area contributed by atoms with E-state index in [-0.39, 0.29) is 6.61 Å². The van der Waals surface area contributed by atoms with Crippen LogP contribution in [0.2, 0.25) is 15.1 Å². The fourth-order valence-electron chi connectivity index (χ4n) is 2.23. The minimum Gasteiger partial charge on any atom is -0.489 e. The monoisotopic (exact) mass is 362 g/mol. The molecule has 1 nitrogen and oxygen atoms in total. The molecule has 0 aliphatic heterocycles. The summed E-state index contributed by atoms with van der Waals surface area (Å²) < 4.78 is 5.77. The maximum atomic E-state index is 6.17. The van der Waals surface area contributed by atoms with E-state index in [0.29, 0.717) is 20.6 Å². The van der Waals surface area contributed by atoms with Crippen LogP contribution in [0.5, 0.6) is 5.75 Å². The van der Waals surface area contributed by atoms with Crippen LogP contribution < -0.4 is 4.74 Å². The van der Waals surface area contributed by atoms with Crippen molar-refractivity contribution in [3.63, 3.8) is 0 Å². The molecule has 0 N–H and O–H groups in total. The Morgan fingerprint density at radius 2 is 1.26 bits per heavy atom. The van der Waals surface area contributed by atoms with Crippen molar-refractivity contribution in [2.24, 2.45) is 0 Å². The van der Waals surface area contributed by atoms with Crippen molar-refractivity contribution in [1.29, 1.82) is 0 Å². The minimum absolute atomic E-state index is 0.267. The van der Waals surface area contributed by atoms with Crippen LogP contribution >= 0.6 is 34.8 Å². The molecular formula is C19H13Cl3O. The number of rotatable bonds is 4. The fourth-order valence-corrected chi connectivity index (χ4v) is 2.89. The van der Waals surface area contributed by atoms with Gasteiger partial charge in [0.25, 0.3) is 0 Å². The minimum atomic E-state index is 0.267. The third-order valence-electron chi connectivity index (χ3n) is 3.48. The molecule has 0 atom stereocenters. The van der Waals surface area contributed by atoms with Gasteiger partial charge in [-0.05, 0) is 35.4 Å². The van der Waals surface area contributed by atoms with Crippen LogP contribution in [0.25, 0.3) is 11.1 Å². The molecule has 0 aliphatic carbocycles. The van der Waals surface area contributed by atoms with E-state index < -0.39 is 0 Å². The number of halogens is 3. The molecule has 0 fully saturated rings. The van der Waals surface area contributed by atoms with Crippen LogP contribution in [-0.4, -0.2) is 0 Å². The summed E-state index contributed by atoms with van der Waals surface area (Å²) in [5, 5.41) is 1.44. The van der Waals surface area contributed by atoms with E-state index in [2.05, 4.69) is 12.1 Å². The van der Waals surface area contributed by atoms with Gasteiger partial charge in [0.1, 0.15) is 12.4 Å². The fraction of sp³-hybridized carbons (Fsp3) is 0.0526. The molecule has 0 aliphatic rings. The van der Waals surface area contributed by atoms with Crippen LogP contribution in [0, 0.1) is 0 Å². The maximum Gasteiger partial charge on any atom is 0.119 e. The molecule has 3 aromatic carbocycles. The highest BCUT2D eigenvalue weighted by molar-refractivity contribution is 6.44. The average molecular weight is 364 g/mol. The molecule has 0 saturated heterocycles. The Kier molecular flexibility index (Phi) is 5.12. The van der Waals surface area contributed by atoms with Crippen molar-refractivity contribution in [2.75, 3.05) is 0 Å². The predicted molar refractivity (Wildman–Crippen MR) is 97.7 cm³/mol. The summed E-state index contributed by atoms with van der Waals surface area (Å²) in [5.41, 5.74) is 2.99. The van der Waals surface area contributed by atoms with Gasteiger partial charge >= 0.3 is 0 Å². The summed E-state index contributed by atoms with van der Waals surface area (Å²) >= 11 is 18.3. The zero-order chi connectivity index (χ0) is 16.2. The lowest BCUT2D eigenvalue weighted by Gasteiger charge is -2.11. The smallest absolute Gasteiger partial charge is 0.119 e. The SMILES string of the molecule is Clc1ccc(Cl)c(COc2ccc(-c3ccccc3)cc2)c1Cl. The van der Waals surface area contributed by atoms with Gasteiger partial charge in [0.2, 0.25) is 0 Å². The highest BCUT2D eigenvalue weighted by Crippen LogP contribution is 2.32. The molecule has 3 aromatic rings. The summed E-state index contributed by atoms with van der Waals surface area (Å²) in [4.78, 5) is 0. The third-order valence-corrected chi connectivity index (χ3v) is 4.68. The van der Waals surface area contributed by atoms with Crippen molar-refractivity contribution in [1.82, 2.24) is 0 Å². The predicted octanol–water partition coefficient (Wildman–Crippen LogP) is 6.89. The van der Waals surface area contributed by atoms with Crippen LogP contribution in [-0.2, 0) is 6.61 Å². The lowest BCUT2D eigenvalue weighted by Crippen LogP contribution is -1.97. The topological polar surface area (TPSA) is 9.23 Å². The highest BCUT2D eigenvalue weighted by Gasteiger charge is 2.10. The Morgan fingerprint density at radius 3 is 1.96 bits per heavy atom. The molecule has 116 valence electrons. The largest absolute Gasteiger partial charge is 0.489 e. The molecule has 0 bridgehead atoms. The number of benzene rings is 3. The van der Waals surface area contributed by atoms with Gasteiger partial charge in [-0.2, -0.15) is 0 Å². The van der Waals surface area contributed by atoms with Gasteiger partial charge in [0.15, 0.2) is 0 Å². The molecule has 0 aromatic heterocycles. The maximum absolute atomic E-state index is 6.17. The molecule has 4 heteroatoms. The molecule has 0 heterocycles. The highest BCUT2D eigenvalue weighted by atomic mass is 35.5. The van der Waals surface area contributed by atoms with E-state index in [0.717, 1.165) is 11.3 Å². The molecule has 0 amide bonds. The van der Waals surface area contributed by atoms with Crippen molar-refractivity contribution < 1.29 is 4.74 Å². The van der Waals surface area contributed by atoms with Gasteiger partial charge in [-0.25, -0.2) is 0 Å². The van der Waals surface area contributed by atoms with Crippen LogP contribution in [0.15, 0.2) is 66.7 Å². The van der Waals surface area contributed by atoms with E-state index in [9.17, 15) is 0 Å². The van der Waals surface area contributed by atoms with Crippen molar-refractivity contribution in [3.05, 3.63) is 87.4 Å². The molecule has 0 spiro atoms. The molecular weight excluding hydrogens is 351 g/mol. The normalized spacial score (nSPS) is 10.6. The first kappa shape index (κ1) is 16.2. The molecule has 0 unspecified atom stereocenters. The molecule has 0 radical (unpaired) electrons. The van der Waals surface area contributed by atoms with Crippen LogP contribution in [0.3, 0.4) is 0 Å². The number of hydrogen-bond donors (Lipinski definition) is 0. The van der Waals surface area contributed by atoms with Gasteiger partial charge in [0.05, 0.1) is 10.0 Å². The summed E-state index contributed by atoms with van der Waals surface area (Å²) in [6, 6.07) is 21.5. The van der Waals surface area contributed by atoms with E-state index in [1.54, 1.807) is 12.1 Å².